The van der Waals surface area contributed by atoms with Gasteiger partial charge in [0.1, 0.15) is 0 Å². The summed E-state index contributed by atoms with van der Waals surface area (Å²) >= 11 is 0. The zero-order chi connectivity index (χ0) is 21.3. The number of pyridine rings is 1. The van der Waals surface area contributed by atoms with E-state index in [4.69, 9.17) is 4.74 Å². The molecule has 1 N–H and O–H groups in total. The molecule has 0 unspecified atom stereocenters. The Kier molecular flexibility index (Phi) is 8.37. The number of hydrogen-bond acceptors (Lipinski definition) is 5. The molecule has 162 valence electrons. The summed E-state index contributed by atoms with van der Waals surface area (Å²) in [5.41, 5.74) is 2.15. The molecule has 0 spiro atoms. The van der Waals surface area contributed by atoms with Gasteiger partial charge in [0, 0.05) is 45.0 Å². The molecule has 1 aromatic heterocycles. The number of aliphatic hydroxyl groups is 1. The second-order valence-electron chi connectivity index (χ2n) is 8.17. The Labute approximate surface area is 179 Å². The molecule has 3 atom stereocenters. The van der Waals surface area contributed by atoms with Gasteiger partial charge < -0.3 is 19.6 Å². The third-order valence-electron chi connectivity index (χ3n) is 5.66. The van der Waals surface area contributed by atoms with Crippen LogP contribution in [0.15, 0.2) is 54.7 Å². The van der Waals surface area contributed by atoms with Gasteiger partial charge >= 0.3 is 0 Å². The van der Waals surface area contributed by atoms with Crippen molar-refractivity contribution in [1.82, 2.24) is 14.8 Å². The second-order valence-corrected chi connectivity index (χ2v) is 8.17. The van der Waals surface area contributed by atoms with Crippen LogP contribution < -0.4 is 0 Å². The molecule has 0 radical (unpaired) electrons. The van der Waals surface area contributed by atoms with Crippen molar-refractivity contribution in [3.63, 3.8) is 0 Å². The third kappa shape index (κ3) is 6.62. The number of amides is 1. The predicted octanol–water partition coefficient (Wildman–Crippen LogP) is 2.51. The Morgan fingerprint density at radius 3 is 2.60 bits per heavy atom. The van der Waals surface area contributed by atoms with E-state index in [0.717, 1.165) is 43.6 Å². The molecule has 2 heterocycles. The van der Waals surface area contributed by atoms with Crippen LogP contribution in [-0.2, 0) is 22.5 Å². The van der Waals surface area contributed by atoms with E-state index in [0.29, 0.717) is 13.0 Å². The maximum atomic E-state index is 12.9. The first-order valence-electron chi connectivity index (χ1n) is 10.7. The Morgan fingerprint density at radius 2 is 1.87 bits per heavy atom. The molecule has 1 aromatic carbocycles. The zero-order valence-electron chi connectivity index (χ0n) is 18.0. The van der Waals surface area contributed by atoms with E-state index in [1.165, 1.54) is 0 Å². The Hall–Kier alpha value is -2.28. The van der Waals surface area contributed by atoms with Gasteiger partial charge in [0.2, 0.25) is 0 Å². The van der Waals surface area contributed by atoms with Crippen molar-refractivity contribution in [3.8, 4) is 0 Å². The van der Waals surface area contributed by atoms with Gasteiger partial charge in [-0.25, -0.2) is 0 Å². The van der Waals surface area contributed by atoms with E-state index in [9.17, 15) is 9.90 Å². The van der Waals surface area contributed by atoms with Gasteiger partial charge in [-0.3, -0.25) is 9.78 Å². The van der Waals surface area contributed by atoms with Crippen molar-refractivity contribution in [3.05, 3.63) is 66.0 Å². The highest BCUT2D eigenvalue weighted by molar-refractivity contribution is 5.81. The number of hydrogen-bond donors (Lipinski definition) is 1. The molecular weight excluding hydrogens is 378 g/mol. The molecule has 1 saturated heterocycles. The van der Waals surface area contributed by atoms with Gasteiger partial charge in [-0.05, 0) is 44.0 Å². The van der Waals surface area contributed by atoms with Gasteiger partial charge in [0.25, 0.3) is 5.91 Å². The summed E-state index contributed by atoms with van der Waals surface area (Å²) in [4.78, 5) is 21.2. The maximum Gasteiger partial charge on any atom is 0.254 e. The predicted molar refractivity (Wildman–Crippen MR) is 117 cm³/mol. The van der Waals surface area contributed by atoms with E-state index in [-0.39, 0.29) is 12.0 Å². The highest BCUT2D eigenvalue weighted by atomic mass is 16.5. The maximum absolute atomic E-state index is 12.9. The number of carbonyl (C=O) groups excluding carboxylic acids is 1. The topological polar surface area (TPSA) is 65.9 Å². The van der Waals surface area contributed by atoms with E-state index in [2.05, 4.69) is 16.9 Å². The Bertz CT molecular complexity index is 772. The van der Waals surface area contributed by atoms with Gasteiger partial charge in [-0.2, -0.15) is 0 Å². The van der Waals surface area contributed by atoms with Crippen molar-refractivity contribution in [2.75, 3.05) is 27.2 Å². The first kappa shape index (κ1) is 22.4. The summed E-state index contributed by atoms with van der Waals surface area (Å²) in [6.07, 6.45) is 3.42. The minimum Gasteiger partial charge on any atom is -0.390 e. The molecule has 0 saturated carbocycles. The largest absolute Gasteiger partial charge is 0.390 e. The molecule has 1 aliphatic rings. The molecule has 0 aliphatic carbocycles. The van der Waals surface area contributed by atoms with Crippen LogP contribution in [0.2, 0.25) is 0 Å². The first-order chi connectivity index (χ1) is 14.5. The number of aliphatic hydroxyl groups excluding tert-OH is 1. The van der Waals surface area contributed by atoms with Crippen LogP contribution in [0.25, 0.3) is 0 Å². The summed E-state index contributed by atoms with van der Waals surface area (Å²) in [7, 11) is 3.86. The van der Waals surface area contributed by atoms with Crippen molar-refractivity contribution in [1.29, 1.82) is 0 Å². The van der Waals surface area contributed by atoms with E-state index in [1.807, 2.05) is 54.7 Å². The fourth-order valence-electron chi connectivity index (χ4n) is 3.79. The molecule has 3 rings (SSSR count). The lowest BCUT2D eigenvalue weighted by molar-refractivity contribution is -0.167. The minimum atomic E-state index is -0.781. The Morgan fingerprint density at radius 1 is 1.10 bits per heavy atom. The monoisotopic (exact) mass is 411 g/mol. The highest BCUT2D eigenvalue weighted by Crippen LogP contribution is 2.24. The number of benzene rings is 1. The van der Waals surface area contributed by atoms with Gasteiger partial charge in [-0.15, -0.1) is 0 Å². The number of rotatable bonds is 9. The van der Waals surface area contributed by atoms with Crippen LogP contribution in [0, 0.1) is 0 Å². The number of carbonyl (C=O) groups is 1. The molecular formula is C24H33N3O3. The van der Waals surface area contributed by atoms with Gasteiger partial charge in [0.15, 0.2) is 6.10 Å². The summed E-state index contributed by atoms with van der Waals surface area (Å²) < 4.78 is 6.05. The van der Waals surface area contributed by atoms with Crippen molar-refractivity contribution in [2.45, 2.75) is 50.5 Å². The summed E-state index contributed by atoms with van der Waals surface area (Å²) in [5, 5.41) is 10.4. The number of ether oxygens (including phenoxy) is 1. The summed E-state index contributed by atoms with van der Waals surface area (Å²) in [6.45, 7) is 2.32. The lowest BCUT2D eigenvalue weighted by Gasteiger charge is -2.35. The highest BCUT2D eigenvalue weighted by Gasteiger charge is 2.36. The first-order valence-corrected chi connectivity index (χ1v) is 10.7. The average Bonchev–Trinajstić information content (AvgIpc) is 2.78. The molecule has 1 fully saturated rings. The van der Waals surface area contributed by atoms with E-state index in [1.54, 1.807) is 11.9 Å². The summed E-state index contributed by atoms with van der Waals surface area (Å²) in [6, 6.07) is 15.8. The van der Waals surface area contributed by atoms with E-state index >= 15 is 0 Å². The van der Waals surface area contributed by atoms with Crippen LogP contribution in [0.5, 0.6) is 0 Å². The van der Waals surface area contributed by atoms with Crippen molar-refractivity contribution in [2.24, 2.45) is 0 Å². The number of aromatic nitrogens is 1. The smallest absolute Gasteiger partial charge is 0.254 e. The second kappa shape index (κ2) is 11.2. The molecule has 30 heavy (non-hydrogen) atoms. The molecule has 1 aliphatic heterocycles. The Balaban J connectivity index is 1.45. The van der Waals surface area contributed by atoms with Crippen molar-refractivity contribution < 1.29 is 14.6 Å². The molecule has 1 amide bonds. The number of likely N-dealkylation sites (N-methyl/N-ethyl adjacent to an activating group) is 2. The van der Waals surface area contributed by atoms with Crippen LogP contribution in [0.4, 0.5) is 0 Å². The van der Waals surface area contributed by atoms with Crippen LogP contribution in [0.3, 0.4) is 0 Å². The molecule has 6 nitrogen and oxygen atoms in total. The minimum absolute atomic E-state index is 0.00947. The fraction of sp³-hybridized carbons (Fsp3) is 0.500. The lowest BCUT2D eigenvalue weighted by atomic mass is 9.98. The standard InChI is InChI=1S/C24H33N3O3/c1-26(16-13-20-10-6-7-15-25-20)17-14-21-11-12-22(28)23(30-21)24(29)27(2)18-19-8-4-3-5-9-19/h3-10,15,21-23,28H,11-14,16-18H2,1-2H3/t21-,22-,23-/m0/s1. The summed E-state index contributed by atoms with van der Waals surface area (Å²) in [5.74, 6) is -0.153. The molecule has 2 aromatic rings. The van der Waals surface area contributed by atoms with Crippen molar-refractivity contribution >= 4 is 5.91 Å². The average molecular weight is 412 g/mol. The van der Waals surface area contributed by atoms with Crippen LogP contribution in [-0.4, -0.2) is 71.3 Å². The van der Waals surface area contributed by atoms with Gasteiger partial charge in [0.05, 0.1) is 12.2 Å². The zero-order valence-corrected chi connectivity index (χ0v) is 18.0. The normalized spacial score (nSPS) is 21.5. The SMILES string of the molecule is CN(CCc1ccccn1)CC[C@@H]1CC[C@H](O)[C@@H](C(=O)N(C)Cc2ccccc2)O1. The lowest BCUT2D eigenvalue weighted by Crippen LogP contribution is -2.49. The van der Waals surface area contributed by atoms with Gasteiger partial charge in [-0.1, -0.05) is 36.4 Å². The van der Waals surface area contributed by atoms with Crippen LogP contribution >= 0.6 is 0 Å². The van der Waals surface area contributed by atoms with E-state index < -0.39 is 12.2 Å². The molecule has 0 bridgehead atoms. The molecule has 6 heteroatoms. The fourth-order valence-corrected chi connectivity index (χ4v) is 3.79. The third-order valence-corrected chi connectivity index (χ3v) is 5.66. The number of nitrogens with zero attached hydrogens (tertiary/aromatic N) is 3. The van der Waals surface area contributed by atoms with Crippen LogP contribution in [0.1, 0.15) is 30.5 Å². The quantitative estimate of drug-likeness (QED) is 0.687.